The number of halogens is 2. The standard InChI is InChI=1S/C20H20BrClN4/c1-26-17-8-3-2-7-16(17)24-20(26)19-13(6-4-5-9-23)14-10-12(21)11-15(22)18(14)25-19/h2-3,7-8,10-11,25H,4-6,9,23H2,1H3. The number of H-pyrrole nitrogens is 1. The van der Waals surface area contributed by atoms with Gasteiger partial charge in [-0.15, -0.1) is 0 Å². The van der Waals surface area contributed by atoms with Crippen molar-refractivity contribution in [3.63, 3.8) is 0 Å². The average Bonchev–Trinajstić information content (AvgIpc) is 3.14. The molecule has 4 aromatic rings. The second-order valence-electron chi connectivity index (χ2n) is 6.52. The maximum Gasteiger partial charge on any atom is 0.157 e. The molecule has 134 valence electrons. The van der Waals surface area contributed by atoms with Crippen LogP contribution in [0.5, 0.6) is 0 Å². The number of hydrogen-bond acceptors (Lipinski definition) is 2. The predicted molar refractivity (Wildman–Crippen MR) is 113 cm³/mol. The fraction of sp³-hybridized carbons (Fsp3) is 0.250. The molecular formula is C20H20BrClN4. The summed E-state index contributed by atoms with van der Waals surface area (Å²) in [7, 11) is 2.05. The van der Waals surface area contributed by atoms with Gasteiger partial charge in [0.25, 0.3) is 0 Å². The van der Waals surface area contributed by atoms with Gasteiger partial charge in [-0.25, -0.2) is 4.98 Å². The number of fused-ring (bicyclic) bond motifs is 2. The minimum atomic E-state index is 0.703. The number of nitrogens with two attached hydrogens (primary N) is 1. The van der Waals surface area contributed by atoms with Crippen LogP contribution in [0.4, 0.5) is 0 Å². The molecule has 0 aliphatic carbocycles. The van der Waals surface area contributed by atoms with Gasteiger partial charge >= 0.3 is 0 Å². The van der Waals surface area contributed by atoms with Crippen molar-refractivity contribution in [2.75, 3.05) is 6.54 Å². The molecule has 2 aromatic heterocycles. The summed E-state index contributed by atoms with van der Waals surface area (Å²) >= 11 is 10.1. The van der Waals surface area contributed by atoms with E-state index in [1.54, 1.807) is 0 Å². The number of para-hydroxylation sites is 2. The average molecular weight is 432 g/mol. The molecule has 0 saturated carbocycles. The van der Waals surface area contributed by atoms with E-state index in [0.717, 1.165) is 57.2 Å². The zero-order valence-corrected chi connectivity index (χ0v) is 16.9. The molecule has 0 fully saturated rings. The van der Waals surface area contributed by atoms with Crippen molar-refractivity contribution in [1.82, 2.24) is 14.5 Å². The summed E-state index contributed by atoms with van der Waals surface area (Å²) in [4.78, 5) is 8.41. The number of nitrogens with one attached hydrogen (secondary N) is 1. The smallest absolute Gasteiger partial charge is 0.157 e. The summed E-state index contributed by atoms with van der Waals surface area (Å²) in [6, 6.07) is 12.2. The molecule has 0 radical (unpaired) electrons. The SMILES string of the molecule is Cn1c(-c2[nH]c3c(Cl)cc(Br)cc3c2CCCCN)nc2ccccc21. The van der Waals surface area contributed by atoms with Gasteiger partial charge in [-0.05, 0) is 55.6 Å². The molecule has 0 unspecified atom stereocenters. The predicted octanol–water partition coefficient (Wildman–Crippen LogP) is 5.42. The van der Waals surface area contributed by atoms with Gasteiger partial charge in [-0.2, -0.15) is 0 Å². The molecule has 4 rings (SSSR count). The van der Waals surface area contributed by atoms with E-state index in [2.05, 4.69) is 44.7 Å². The molecule has 3 N–H and O–H groups in total. The molecule has 6 heteroatoms. The summed E-state index contributed by atoms with van der Waals surface area (Å²) in [5, 5.41) is 1.85. The van der Waals surface area contributed by atoms with Crippen LogP contribution in [0.2, 0.25) is 5.02 Å². The van der Waals surface area contributed by atoms with Crippen LogP contribution in [0.3, 0.4) is 0 Å². The van der Waals surface area contributed by atoms with Crippen molar-refractivity contribution in [1.29, 1.82) is 0 Å². The van der Waals surface area contributed by atoms with Crippen LogP contribution in [0, 0.1) is 0 Å². The van der Waals surface area contributed by atoms with Gasteiger partial charge in [-0.1, -0.05) is 39.7 Å². The van der Waals surface area contributed by atoms with Gasteiger partial charge in [0, 0.05) is 16.9 Å². The number of unbranched alkanes of at least 4 members (excludes halogenated alkanes) is 1. The van der Waals surface area contributed by atoms with E-state index in [1.165, 1.54) is 5.56 Å². The number of nitrogens with zero attached hydrogens (tertiary/aromatic N) is 2. The van der Waals surface area contributed by atoms with Gasteiger partial charge in [-0.3, -0.25) is 0 Å². The van der Waals surface area contributed by atoms with E-state index in [9.17, 15) is 0 Å². The second kappa shape index (κ2) is 7.06. The minimum absolute atomic E-state index is 0.703. The van der Waals surface area contributed by atoms with Gasteiger partial charge in [0.15, 0.2) is 5.82 Å². The Morgan fingerprint density at radius 1 is 1.23 bits per heavy atom. The Morgan fingerprint density at radius 2 is 2.04 bits per heavy atom. The van der Waals surface area contributed by atoms with Crippen molar-refractivity contribution >= 4 is 49.5 Å². The van der Waals surface area contributed by atoms with E-state index in [-0.39, 0.29) is 0 Å². The Morgan fingerprint density at radius 3 is 2.81 bits per heavy atom. The van der Waals surface area contributed by atoms with Crippen LogP contribution in [-0.4, -0.2) is 21.1 Å². The lowest BCUT2D eigenvalue weighted by molar-refractivity contribution is 0.747. The van der Waals surface area contributed by atoms with Crippen molar-refractivity contribution in [2.45, 2.75) is 19.3 Å². The first-order valence-electron chi connectivity index (χ1n) is 8.71. The minimum Gasteiger partial charge on any atom is -0.351 e. The fourth-order valence-corrected chi connectivity index (χ4v) is 4.40. The lowest BCUT2D eigenvalue weighted by atomic mass is 10.0. The highest BCUT2D eigenvalue weighted by molar-refractivity contribution is 9.10. The second-order valence-corrected chi connectivity index (χ2v) is 7.84. The topological polar surface area (TPSA) is 59.6 Å². The van der Waals surface area contributed by atoms with E-state index in [1.807, 2.05) is 24.3 Å². The van der Waals surface area contributed by atoms with Crippen molar-refractivity contribution in [3.8, 4) is 11.5 Å². The van der Waals surface area contributed by atoms with Crippen molar-refractivity contribution in [3.05, 3.63) is 51.5 Å². The zero-order chi connectivity index (χ0) is 18.3. The summed E-state index contributed by atoms with van der Waals surface area (Å²) in [5.74, 6) is 0.928. The monoisotopic (exact) mass is 430 g/mol. The summed E-state index contributed by atoms with van der Waals surface area (Å²) < 4.78 is 3.11. The molecule has 26 heavy (non-hydrogen) atoms. The number of rotatable bonds is 5. The number of hydrogen-bond donors (Lipinski definition) is 2. The molecule has 2 heterocycles. The van der Waals surface area contributed by atoms with Gasteiger partial charge in [0.1, 0.15) is 0 Å². The van der Waals surface area contributed by atoms with Crippen LogP contribution in [0.25, 0.3) is 33.5 Å². The first kappa shape index (κ1) is 17.6. The number of imidazole rings is 1. The van der Waals surface area contributed by atoms with E-state index in [0.29, 0.717) is 11.6 Å². The van der Waals surface area contributed by atoms with Crippen LogP contribution in [0.1, 0.15) is 18.4 Å². The summed E-state index contributed by atoms with van der Waals surface area (Å²) in [5.41, 5.74) is 11.0. The summed E-state index contributed by atoms with van der Waals surface area (Å²) in [6.45, 7) is 0.703. The normalized spacial score (nSPS) is 11.7. The molecule has 0 aliphatic rings. The zero-order valence-electron chi connectivity index (χ0n) is 14.5. The largest absolute Gasteiger partial charge is 0.351 e. The molecule has 0 spiro atoms. The summed E-state index contributed by atoms with van der Waals surface area (Å²) in [6.07, 6.45) is 2.96. The number of benzene rings is 2. The third kappa shape index (κ3) is 2.94. The number of aromatic nitrogens is 3. The third-order valence-electron chi connectivity index (χ3n) is 4.82. The Kier molecular flexibility index (Phi) is 4.78. The van der Waals surface area contributed by atoms with Gasteiger partial charge in [0.2, 0.25) is 0 Å². The third-order valence-corrected chi connectivity index (χ3v) is 5.58. The molecule has 2 aromatic carbocycles. The maximum atomic E-state index is 6.51. The molecule has 0 saturated heterocycles. The van der Waals surface area contributed by atoms with Crippen LogP contribution < -0.4 is 5.73 Å². The highest BCUT2D eigenvalue weighted by Gasteiger charge is 2.19. The quantitative estimate of drug-likeness (QED) is 0.415. The highest BCUT2D eigenvalue weighted by Crippen LogP contribution is 2.37. The lowest BCUT2D eigenvalue weighted by Gasteiger charge is -2.06. The van der Waals surface area contributed by atoms with Crippen LogP contribution in [0.15, 0.2) is 40.9 Å². The molecule has 0 atom stereocenters. The molecule has 0 bridgehead atoms. The van der Waals surface area contributed by atoms with Crippen molar-refractivity contribution in [2.24, 2.45) is 12.8 Å². The highest BCUT2D eigenvalue weighted by atomic mass is 79.9. The first-order valence-corrected chi connectivity index (χ1v) is 9.88. The molecule has 0 amide bonds. The Balaban J connectivity index is 1.96. The van der Waals surface area contributed by atoms with E-state index >= 15 is 0 Å². The molecule has 4 nitrogen and oxygen atoms in total. The van der Waals surface area contributed by atoms with Gasteiger partial charge < -0.3 is 15.3 Å². The lowest BCUT2D eigenvalue weighted by Crippen LogP contribution is -2.00. The fourth-order valence-electron chi connectivity index (χ4n) is 3.54. The van der Waals surface area contributed by atoms with Crippen LogP contribution in [-0.2, 0) is 13.5 Å². The van der Waals surface area contributed by atoms with Gasteiger partial charge in [0.05, 0.1) is 27.3 Å². The molecular weight excluding hydrogens is 412 g/mol. The Bertz CT molecular complexity index is 1100. The first-order chi connectivity index (χ1) is 12.6. The maximum absolute atomic E-state index is 6.51. The number of aromatic amines is 1. The van der Waals surface area contributed by atoms with Crippen molar-refractivity contribution < 1.29 is 0 Å². The molecule has 0 aliphatic heterocycles. The number of aryl methyl sites for hydroxylation is 2. The Labute approximate surface area is 165 Å². The Hall–Kier alpha value is -1.82. The van der Waals surface area contributed by atoms with E-state index < -0.39 is 0 Å². The van der Waals surface area contributed by atoms with Crippen LogP contribution >= 0.6 is 27.5 Å². The van der Waals surface area contributed by atoms with E-state index in [4.69, 9.17) is 22.3 Å².